The van der Waals surface area contributed by atoms with Gasteiger partial charge < -0.3 is 0 Å². The number of hydrogen-bond acceptors (Lipinski definition) is 7. The Morgan fingerprint density at radius 3 is 2.67 bits per heavy atom. The van der Waals surface area contributed by atoms with Crippen LogP contribution in [0, 0.1) is 5.82 Å². The summed E-state index contributed by atoms with van der Waals surface area (Å²) in [5.41, 5.74) is 1.29. The first-order valence-electron chi connectivity index (χ1n) is 11.3. The first kappa shape index (κ1) is 26.1. The van der Waals surface area contributed by atoms with Crippen molar-refractivity contribution in [1.29, 1.82) is 0 Å². The van der Waals surface area contributed by atoms with E-state index in [4.69, 9.17) is 9.15 Å². The van der Waals surface area contributed by atoms with Gasteiger partial charge in [-0.15, -0.1) is 0 Å². The molecule has 0 bridgehead atoms. The molecule has 2 aromatic heterocycles. The number of aromatic nitrogens is 1. The van der Waals surface area contributed by atoms with Crippen LogP contribution in [0.15, 0.2) is 64.2 Å². The maximum atomic E-state index is 14.1. The van der Waals surface area contributed by atoms with Crippen LogP contribution >= 0.6 is 0 Å². The minimum atomic E-state index is -3.88. The molecule has 7 nitrogen and oxygen atoms in total. The van der Waals surface area contributed by atoms with Gasteiger partial charge in [-0.25, -0.2) is 0 Å². The summed E-state index contributed by atoms with van der Waals surface area (Å²) in [6.45, 7) is 6.37. The van der Waals surface area contributed by atoms with E-state index in [9.17, 15) is 17.6 Å². The van der Waals surface area contributed by atoms with E-state index in [0.717, 1.165) is 24.5 Å². The third-order valence-corrected chi connectivity index (χ3v) is 12.0. The quantitative estimate of drug-likeness (QED) is 0.222. The van der Waals surface area contributed by atoms with E-state index in [1.807, 2.05) is 19.9 Å². The van der Waals surface area contributed by atoms with Gasteiger partial charge in [-0.2, -0.15) is 0 Å². The van der Waals surface area contributed by atoms with Crippen LogP contribution in [0.25, 0.3) is 27.9 Å². The van der Waals surface area contributed by atoms with Gasteiger partial charge in [-0.1, -0.05) is 0 Å². The third kappa shape index (κ3) is 5.23. The van der Waals surface area contributed by atoms with E-state index in [2.05, 4.69) is 9.88 Å². The number of nitrogens with zero attached hydrogens (tertiary/aromatic N) is 2. The van der Waals surface area contributed by atoms with Crippen molar-refractivity contribution in [2.75, 3.05) is 26.7 Å². The van der Waals surface area contributed by atoms with Crippen molar-refractivity contribution < 1.29 is 26.8 Å². The Kier molecular flexibility index (Phi) is 7.93. The number of likely N-dealkylation sites (N-methyl/N-ethyl adjacent to an activating group) is 1. The van der Waals surface area contributed by atoms with Gasteiger partial charge in [0.2, 0.25) is 0 Å². The van der Waals surface area contributed by atoms with Crippen molar-refractivity contribution in [2.45, 2.75) is 18.7 Å². The zero-order valence-electron chi connectivity index (χ0n) is 20.1. The second-order valence-electron chi connectivity index (χ2n) is 7.94. The monoisotopic (exact) mass is 571 g/mol. The number of benzene rings is 2. The Balaban J connectivity index is 1.78. The number of fused-ring (bicyclic) bond motifs is 3. The molecule has 2 heterocycles. The standard InChI is InChI=1S/C26H25AsFN2O5S/c1-4-30(5-2)13-6-7-17-15-18(28)8-11-23(17)36(32,33)27-21-10-9-20-19-12-14-35-22(19)16-29-25(20)24(21)26(31)34-3/h6-12,14-16H,4-5,13H2,1-3H3/b7-6-. The number of hydrogen-bond donors (Lipinski definition) is 0. The Morgan fingerprint density at radius 2 is 1.94 bits per heavy atom. The van der Waals surface area contributed by atoms with E-state index in [1.165, 1.54) is 31.7 Å². The van der Waals surface area contributed by atoms with E-state index in [-0.39, 0.29) is 16.0 Å². The van der Waals surface area contributed by atoms with Crippen molar-refractivity contribution in [3.63, 3.8) is 0 Å². The van der Waals surface area contributed by atoms with E-state index in [0.29, 0.717) is 27.4 Å². The predicted molar refractivity (Wildman–Crippen MR) is 139 cm³/mol. The number of esters is 1. The molecule has 0 aliphatic heterocycles. The number of ether oxygens (including phenoxy) is 1. The maximum absolute atomic E-state index is 14.1. The predicted octanol–water partition coefficient (Wildman–Crippen LogP) is 3.98. The molecule has 0 spiro atoms. The van der Waals surface area contributed by atoms with Gasteiger partial charge in [0.25, 0.3) is 0 Å². The van der Waals surface area contributed by atoms with Crippen molar-refractivity contribution >= 4 is 61.0 Å². The Morgan fingerprint density at radius 1 is 1.17 bits per heavy atom. The molecule has 1 radical (unpaired) electrons. The molecule has 187 valence electrons. The summed E-state index contributed by atoms with van der Waals surface area (Å²) in [5.74, 6) is -1.20. The van der Waals surface area contributed by atoms with Crippen LogP contribution in [-0.4, -0.2) is 65.6 Å². The van der Waals surface area contributed by atoms with E-state index in [1.54, 1.807) is 24.3 Å². The summed E-state index contributed by atoms with van der Waals surface area (Å²) < 4.78 is 52.0. The fraction of sp³-hybridized carbons (Fsp3) is 0.231. The van der Waals surface area contributed by atoms with Gasteiger partial charge in [0.1, 0.15) is 0 Å². The van der Waals surface area contributed by atoms with Crippen LogP contribution in [0.4, 0.5) is 4.39 Å². The molecule has 0 aliphatic rings. The van der Waals surface area contributed by atoms with Crippen LogP contribution in [0.5, 0.6) is 0 Å². The van der Waals surface area contributed by atoms with Crippen LogP contribution in [0.2, 0.25) is 0 Å². The number of rotatable bonds is 9. The fourth-order valence-electron chi connectivity index (χ4n) is 3.95. The molecule has 0 fully saturated rings. The molecule has 2 aromatic carbocycles. The number of methoxy groups -OCH3 is 1. The van der Waals surface area contributed by atoms with Crippen molar-refractivity contribution in [3.05, 3.63) is 71.9 Å². The molecule has 36 heavy (non-hydrogen) atoms. The minimum absolute atomic E-state index is 0.0221. The first-order chi connectivity index (χ1) is 17.3. The molecular weight excluding hydrogens is 546 g/mol. The normalized spacial score (nSPS) is 12.6. The molecule has 0 saturated carbocycles. The zero-order chi connectivity index (χ0) is 25.9. The summed E-state index contributed by atoms with van der Waals surface area (Å²) >= 11 is -1.60. The van der Waals surface area contributed by atoms with Crippen LogP contribution < -0.4 is 4.35 Å². The van der Waals surface area contributed by atoms with Crippen molar-refractivity contribution in [2.24, 2.45) is 0 Å². The number of pyridine rings is 1. The van der Waals surface area contributed by atoms with Gasteiger partial charge in [-0.05, 0) is 0 Å². The van der Waals surface area contributed by atoms with Gasteiger partial charge >= 0.3 is 215 Å². The average molecular weight is 571 g/mol. The van der Waals surface area contributed by atoms with E-state index < -0.39 is 34.5 Å². The summed E-state index contributed by atoms with van der Waals surface area (Å²) in [6, 6.07) is 8.76. The molecule has 10 heteroatoms. The molecule has 0 N–H and O–H groups in total. The molecule has 0 saturated heterocycles. The zero-order valence-corrected chi connectivity index (χ0v) is 22.8. The fourth-order valence-corrected chi connectivity index (χ4v) is 9.95. The number of furan rings is 1. The molecule has 4 rings (SSSR count). The molecule has 0 amide bonds. The van der Waals surface area contributed by atoms with Crippen LogP contribution in [0.1, 0.15) is 29.8 Å². The van der Waals surface area contributed by atoms with Crippen LogP contribution in [-0.2, 0) is 12.8 Å². The van der Waals surface area contributed by atoms with Gasteiger partial charge in [0.15, 0.2) is 0 Å². The second-order valence-corrected chi connectivity index (χ2v) is 14.7. The number of carbonyl (C=O) groups is 1. The van der Waals surface area contributed by atoms with Crippen molar-refractivity contribution in [1.82, 2.24) is 9.88 Å². The topological polar surface area (TPSA) is 89.7 Å². The summed E-state index contributed by atoms with van der Waals surface area (Å²) in [5, 5.41) is 1.42. The van der Waals surface area contributed by atoms with Crippen molar-refractivity contribution in [3.8, 4) is 0 Å². The molecule has 0 aliphatic carbocycles. The Hall–Kier alpha value is -3.00. The first-order valence-corrected chi connectivity index (χ1v) is 16.0. The summed E-state index contributed by atoms with van der Waals surface area (Å²) in [4.78, 5) is 19.3. The third-order valence-electron chi connectivity index (χ3n) is 5.87. The number of carbonyl (C=O) groups excluding carboxylic acids is 1. The average Bonchev–Trinajstić information content (AvgIpc) is 3.35. The van der Waals surface area contributed by atoms with Gasteiger partial charge in [0, 0.05) is 0 Å². The molecule has 0 atom stereocenters. The second kappa shape index (κ2) is 10.9. The summed E-state index contributed by atoms with van der Waals surface area (Å²) in [7, 11) is -2.64. The van der Waals surface area contributed by atoms with E-state index >= 15 is 0 Å². The molecular formula is C26H25AsFN2O5S. The van der Waals surface area contributed by atoms with Gasteiger partial charge in [-0.3, -0.25) is 0 Å². The molecule has 0 unspecified atom stereocenters. The summed E-state index contributed by atoms with van der Waals surface area (Å²) in [6.07, 6.45) is 6.48. The Labute approximate surface area is 214 Å². The number of halogens is 1. The van der Waals surface area contributed by atoms with Crippen LogP contribution in [0.3, 0.4) is 0 Å². The molecule has 4 aromatic rings. The van der Waals surface area contributed by atoms with Gasteiger partial charge in [0.05, 0.1) is 0 Å². The SMILES string of the molecule is CCN(CC)C/C=C\c1cc(F)ccc1S(=O)(=O)[As]c1ccc2c(ncc3occc32)c1C(=O)OC. The Bertz CT molecular complexity index is 1560.